The number of halogens is 1. The summed E-state index contributed by atoms with van der Waals surface area (Å²) in [5.41, 5.74) is 1.71. The van der Waals surface area contributed by atoms with E-state index in [-0.39, 0.29) is 12.4 Å². The van der Waals surface area contributed by atoms with Gasteiger partial charge in [-0.05, 0) is 36.6 Å². The van der Waals surface area contributed by atoms with Gasteiger partial charge >= 0.3 is 12.0 Å². The summed E-state index contributed by atoms with van der Waals surface area (Å²) < 4.78 is 12.9. The summed E-state index contributed by atoms with van der Waals surface area (Å²) in [6.07, 6.45) is -1.10. The molecule has 20 heavy (non-hydrogen) atoms. The molecule has 7 heteroatoms. The highest BCUT2D eigenvalue weighted by atomic mass is 19.1. The molecule has 1 atom stereocenters. The summed E-state index contributed by atoms with van der Waals surface area (Å²) in [6, 6.07) is 3.85. The normalized spacial score (nSPS) is 11.8. The number of hydrogen-bond acceptors (Lipinski definition) is 3. The molecule has 1 rings (SSSR count). The predicted molar refractivity (Wildman–Crippen MR) is 69.9 cm³/mol. The molecule has 2 amide bonds. The van der Waals surface area contributed by atoms with Gasteiger partial charge in [0.2, 0.25) is 0 Å². The van der Waals surface area contributed by atoms with Crippen LogP contribution in [0.3, 0.4) is 0 Å². The fourth-order valence-electron chi connectivity index (χ4n) is 1.59. The van der Waals surface area contributed by atoms with Crippen LogP contribution < -0.4 is 10.6 Å². The standard InChI is InChI=1S/C13H17FN2O4/c1-8-6-10(14)3-2-9(8)4-5-15-13(20)16-7-11(17)12(18)19/h2-3,6,11,17H,4-5,7H2,1H3,(H,18,19)(H2,15,16,20)/t11-/m0/s1. The molecule has 1 aromatic carbocycles. The van der Waals surface area contributed by atoms with Gasteiger partial charge in [-0.15, -0.1) is 0 Å². The first-order valence-electron chi connectivity index (χ1n) is 6.07. The van der Waals surface area contributed by atoms with Gasteiger partial charge in [0, 0.05) is 6.54 Å². The average Bonchev–Trinajstić information content (AvgIpc) is 2.38. The smallest absolute Gasteiger partial charge is 0.334 e. The van der Waals surface area contributed by atoms with Crippen LogP contribution in [0.1, 0.15) is 11.1 Å². The van der Waals surface area contributed by atoms with Gasteiger partial charge in [0.15, 0.2) is 6.10 Å². The van der Waals surface area contributed by atoms with Crippen molar-refractivity contribution in [2.45, 2.75) is 19.4 Å². The van der Waals surface area contributed by atoms with Crippen LogP contribution in [0.4, 0.5) is 9.18 Å². The lowest BCUT2D eigenvalue weighted by molar-refractivity contribution is -0.146. The van der Waals surface area contributed by atoms with Crippen LogP contribution in [0.5, 0.6) is 0 Å². The van der Waals surface area contributed by atoms with E-state index in [0.29, 0.717) is 13.0 Å². The number of benzene rings is 1. The number of carboxylic acids is 1. The van der Waals surface area contributed by atoms with Crippen LogP contribution in [-0.4, -0.2) is 41.4 Å². The second-order valence-corrected chi connectivity index (χ2v) is 4.31. The van der Waals surface area contributed by atoms with E-state index >= 15 is 0 Å². The molecule has 0 heterocycles. The summed E-state index contributed by atoms with van der Waals surface area (Å²) in [7, 11) is 0. The molecule has 6 nitrogen and oxygen atoms in total. The maximum atomic E-state index is 12.9. The molecule has 110 valence electrons. The van der Waals surface area contributed by atoms with Crippen molar-refractivity contribution in [1.29, 1.82) is 0 Å². The Morgan fingerprint density at radius 1 is 1.35 bits per heavy atom. The van der Waals surface area contributed by atoms with Gasteiger partial charge in [-0.25, -0.2) is 14.0 Å². The molecule has 0 aromatic heterocycles. The van der Waals surface area contributed by atoms with E-state index in [1.165, 1.54) is 12.1 Å². The minimum atomic E-state index is -1.62. The number of rotatable bonds is 6. The summed E-state index contributed by atoms with van der Waals surface area (Å²) in [4.78, 5) is 21.6. The molecule has 0 unspecified atom stereocenters. The van der Waals surface area contributed by atoms with Gasteiger partial charge in [-0.3, -0.25) is 0 Å². The molecule has 0 spiro atoms. The molecule has 0 fully saturated rings. The number of urea groups is 1. The maximum Gasteiger partial charge on any atom is 0.334 e. The Balaban J connectivity index is 2.30. The molecule has 4 N–H and O–H groups in total. The second-order valence-electron chi connectivity index (χ2n) is 4.31. The van der Waals surface area contributed by atoms with Crippen LogP contribution in [-0.2, 0) is 11.2 Å². The Labute approximate surface area is 115 Å². The Bertz CT molecular complexity index is 493. The van der Waals surface area contributed by atoms with Crippen molar-refractivity contribution in [3.8, 4) is 0 Å². The fourth-order valence-corrected chi connectivity index (χ4v) is 1.59. The molecule has 0 radical (unpaired) electrons. The number of hydrogen-bond donors (Lipinski definition) is 4. The van der Waals surface area contributed by atoms with Crippen molar-refractivity contribution >= 4 is 12.0 Å². The van der Waals surface area contributed by atoms with E-state index < -0.39 is 18.1 Å². The predicted octanol–water partition coefficient (Wildman–Crippen LogP) is 0.421. The molecular weight excluding hydrogens is 267 g/mol. The van der Waals surface area contributed by atoms with Gasteiger partial charge in [0.05, 0.1) is 6.54 Å². The molecule has 0 bridgehead atoms. The van der Waals surface area contributed by atoms with Gasteiger partial charge in [-0.2, -0.15) is 0 Å². The largest absolute Gasteiger partial charge is 0.479 e. The lowest BCUT2D eigenvalue weighted by Crippen LogP contribution is -2.42. The Morgan fingerprint density at radius 2 is 2.05 bits per heavy atom. The van der Waals surface area contributed by atoms with Crippen molar-refractivity contribution in [2.24, 2.45) is 0 Å². The first kappa shape index (κ1) is 15.9. The van der Waals surface area contributed by atoms with Crippen molar-refractivity contribution in [3.63, 3.8) is 0 Å². The zero-order valence-electron chi connectivity index (χ0n) is 11.0. The number of carboxylic acid groups (broad SMARTS) is 1. The first-order valence-corrected chi connectivity index (χ1v) is 6.07. The number of aliphatic hydroxyl groups is 1. The number of amides is 2. The number of carbonyl (C=O) groups is 2. The summed E-state index contributed by atoms with van der Waals surface area (Å²) in [6.45, 7) is 1.74. The van der Waals surface area contributed by atoms with E-state index in [1.54, 1.807) is 13.0 Å². The minimum absolute atomic E-state index is 0.306. The van der Waals surface area contributed by atoms with Crippen molar-refractivity contribution < 1.29 is 24.2 Å². The zero-order valence-corrected chi connectivity index (χ0v) is 11.0. The SMILES string of the molecule is Cc1cc(F)ccc1CCNC(=O)NC[C@H](O)C(=O)O. The van der Waals surface area contributed by atoms with Crippen molar-refractivity contribution in [3.05, 3.63) is 35.1 Å². The molecule has 0 saturated heterocycles. The molecule has 0 saturated carbocycles. The third kappa shape index (κ3) is 5.23. The van der Waals surface area contributed by atoms with Crippen molar-refractivity contribution in [2.75, 3.05) is 13.1 Å². The lowest BCUT2D eigenvalue weighted by atomic mass is 10.1. The molecule has 0 aliphatic rings. The first-order chi connectivity index (χ1) is 9.40. The van der Waals surface area contributed by atoms with E-state index in [2.05, 4.69) is 10.6 Å². The van der Waals surface area contributed by atoms with Crippen LogP contribution in [0.25, 0.3) is 0 Å². The van der Waals surface area contributed by atoms with Gasteiger partial charge in [0.1, 0.15) is 5.82 Å². The topological polar surface area (TPSA) is 98.7 Å². The highest BCUT2D eigenvalue weighted by Gasteiger charge is 2.13. The van der Waals surface area contributed by atoms with Gasteiger partial charge in [0.25, 0.3) is 0 Å². The van der Waals surface area contributed by atoms with Crippen LogP contribution in [0.15, 0.2) is 18.2 Å². The molecule has 0 aliphatic carbocycles. The average molecular weight is 284 g/mol. The van der Waals surface area contributed by atoms with Crippen molar-refractivity contribution in [1.82, 2.24) is 10.6 Å². The van der Waals surface area contributed by atoms with E-state index in [0.717, 1.165) is 11.1 Å². The highest BCUT2D eigenvalue weighted by Crippen LogP contribution is 2.10. The van der Waals surface area contributed by atoms with E-state index in [1.807, 2.05) is 0 Å². The third-order valence-electron chi connectivity index (χ3n) is 2.73. The zero-order chi connectivity index (χ0) is 15.1. The highest BCUT2D eigenvalue weighted by molar-refractivity contribution is 5.76. The number of carbonyl (C=O) groups excluding carboxylic acids is 1. The monoisotopic (exact) mass is 284 g/mol. The number of aryl methyl sites for hydroxylation is 1. The Morgan fingerprint density at radius 3 is 2.65 bits per heavy atom. The van der Waals surface area contributed by atoms with Gasteiger partial charge < -0.3 is 20.8 Å². The van der Waals surface area contributed by atoms with E-state index in [9.17, 15) is 14.0 Å². The summed E-state index contributed by atoms with van der Waals surface area (Å²) >= 11 is 0. The molecule has 0 aliphatic heterocycles. The van der Waals surface area contributed by atoms with E-state index in [4.69, 9.17) is 10.2 Å². The maximum absolute atomic E-state index is 12.9. The number of aliphatic carboxylic acids is 1. The van der Waals surface area contributed by atoms with Crippen LogP contribution in [0, 0.1) is 12.7 Å². The third-order valence-corrected chi connectivity index (χ3v) is 2.73. The lowest BCUT2D eigenvalue weighted by Gasteiger charge is -2.10. The minimum Gasteiger partial charge on any atom is -0.479 e. The van der Waals surface area contributed by atoms with Gasteiger partial charge in [-0.1, -0.05) is 6.07 Å². The quantitative estimate of drug-likeness (QED) is 0.608. The van der Waals surface area contributed by atoms with Crippen LogP contribution in [0.2, 0.25) is 0 Å². The molecule has 1 aromatic rings. The summed E-state index contributed by atoms with van der Waals surface area (Å²) in [5.74, 6) is -1.70. The fraction of sp³-hybridized carbons (Fsp3) is 0.385. The second kappa shape index (κ2) is 7.44. The number of aliphatic hydroxyl groups excluding tert-OH is 1. The Kier molecular flexibility index (Phi) is 5.92. The molecular formula is C13H17FN2O4. The number of nitrogens with one attached hydrogen (secondary N) is 2. The van der Waals surface area contributed by atoms with Crippen LogP contribution >= 0.6 is 0 Å². The Hall–Kier alpha value is -2.15. The summed E-state index contributed by atoms with van der Waals surface area (Å²) in [5, 5.41) is 22.1.